The Bertz CT molecular complexity index is 1070. The molecule has 122 valence electrons. The van der Waals surface area contributed by atoms with Crippen molar-refractivity contribution in [3.8, 4) is 22.5 Å². The molecule has 2 aromatic heterocycles. The third-order valence-electron chi connectivity index (χ3n) is 3.97. The van der Waals surface area contributed by atoms with Gasteiger partial charge in [-0.3, -0.25) is 0 Å². The number of anilines is 1. The molecule has 4 aromatic rings. The number of nitrogens with two attached hydrogens (primary N) is 1. The van der Waals surface area contributed by atoms with Crippen molar-refractivity contribution in [2.75, 3.05) is 5.73 Å². The minimum Gasteiger partial charge on any atom is -0.478 e. The molecule has 0 fully saturated rings. The summed E-state index contributed by atoms with van der Waals surface area (Å²) in [6, 6.07) is 20.2. The summed E-state index contributed by atoms with van der Waals surface area (Å²) in [5, 5.41) is 14.2. The number of hydrogen-bond acceptors (Lipinski definition) is 4. The van der Waals surface area contributed by atoms with Crippen LogP contribution in [0.2, 0.25) is 0 Å². The summed E-state index contributed by atoms with van der Waals surface area (Å²) in [6.45, 7) is 0. The number of nitrogens with zero attached hydrogens (tertiary/aromatic N) is 3. The van der Waals surface area contributed by atoms with Crippen molar-refractivity contribution >= 4 is 17.4 Å². The van der Waals surface area contributed by atoms with E-state index in [-0.39, 0.29) is 11.5 Å². The molecule has 0 aliphatic rings. The lowest BCUT2D eigenvalue weighted by molar-refractivity contribution is 0.0698. The predicted octanol–water partition coefficient (Wildman–Crippen LogP) is 3.34. The topological polar surface area (TPSA) is 93.5 Å². The molecule has 0 aliphatic heterocycles. The zero-order valence-corrected chi connectivity index (χ0v) is 13.1. The number of carboxylic acids is 1. The Kier molecular flexibility index (Phi) is 3.43. The molecule has 2 aromatic carbocycles. The van der Waals surface area contributed by atoms with Gasteiger partial charge in [-0.25, -0.2) is 9.78 Å². The molecule has 2 heterocycles. The molecule has 0 amide bonds. The number of aromatic nitrogens is 3. The molecule has 0 saturated carbocycles. The summed E-state index contributed by atoms with van der Waals surface area (Å²) in [5.41, 5.74) is 9.14. The standard InChI is InChI=1S/C19H14N4O2/c20-19-21-16(13-9-5-2-6-10-13)17-14(18(24)25)11-15(22-23(17)19)12-7-3-1-4-8-12/h1-11H,(H2,20,21)(H,24,25). The largest absolute Gasteiger partial charge is 0.478 e. The molecule has 0 saturated heterocycles. The van der Waals surface area contributed by atoms with Crippen molar-refractivity contribution in [3.05, 3.63) is 72.3 Å². The van der Waals surface area contributed by atoms with Gasteiger partial charge in [-0.15, -0.1) is 0 Å². The van der Waals surface area contributed by atoms with Gasteiger partial charge in [-0.05, 0) is 6.07 Å². The first-order chi connectivity index (χ1) is 12.1. The van der Waals surface area contributed by atoms with Crippen molar-refractivity contribution in [2.24, 2.45) is 0 Å². The average molecular weight is 330 g/mol. The smallest absolute Gasteiger partial charge is 0.338 e. The van der Waals surface area contributed by atoms with E-state index in [0.717, 1.165) is 11.1 Å². The summed E-state index contributed by atoms with van der Waals surface area (Å²) in [5.74, 6) is -0.907. The van der Waals surface area contributed by atoms with Crippen LogP contribution in [0.15, 0.2) is 66.7 Å². The van der Waals surface area contributed by atoms with E-state index in [1.807, 2.05) is 60.7 Å². The molecule has 3 N–H and O–H groups in total. The first kappa shape index (κ1) is 14.9. The second-order valence-electron chi connectivity index (χ2n) is 5.56. The van der Waals surface area contributed by atoms with E-state index >= 15 is 0 Å². The van der Waals surface area contributed by atoms with Gasteiger partial charge in [0.25, 0.3) is 0 Å². The lowest BCUT2D eigenvalue weighted by atomic mass is 10.1. The van der Waals surface area contributed by atoms with Gasteiger partial charge in [0.05, 0.1) is 11.3 Å². The van der Waals surface area contributed by atoms with Crippen LogP contribution < -0.4 is 5.73 Å². The molecule has 6 heteroatoms. The Morgan fingerprint density at radius 1 is 0.960 bits per heavy atom. The second-order valence-corrected chi connectivity index (χ2v) is 5.56. The predicted molar refractivity (Wildman–Crippen MR) is 95.2 cm³/mol. The Labute approximate surface area is 143 Å². The van der Waals surface area contributed by atoms with Crippen LogP contribution in [0.3, 0.4) is 0 Å². The Hall–Kier alpha value is -3.67. The normalized spacial score (nSPS) is 10.9. The third-order valence-corrected chi connectivity index (χ3v) is 3.97. The second kappa shape index (κ2) is 5.76. The highest BCUT2D eigenvalue weighted by Gasteiger charge is 2.21. The SMILES string of the molecule is Nc1nc(-c2ccccc2)c2c(C(=O)O)cc(-c3ccccc3)nn12. The number of nitrogen functional groups attached to an aromatic ring is 1. The van der Waals surface area contributed by atoms with Gasteiger partial charge in [0.1, 0.15) is 11.2 Å². The van der Waals surface area contributed by atoms with Crippen molar-refractivity contribution in [2.45, 2.75) is 0 Å². The van der Waals surface area contributed by atoms with Gasteiger partial charge >= 0.3 is 5.97 Å². The third kappa shape index (κ3) is 2.49. The van der Waals surface area contributed by atoms with Gasteiger partial charge in [0.15, 0.2) is 0 Å². The van der Waals surface area contributed by atoms with Crippen molar-refractivity contribution in [1.82, 2.24) is 14.6 Å². The Morgan fingerprint density at radius 3 is 2.16 bits per heavy atom. The van der Waals surface area contributed by atoms with E-state index in [1.54, 1.807) is 6.07 Å². The monoisotopic (exact) mass is 330 g/mol. The summed E-state index contributed by atoms with van der Waals surface area (Å²) in [4.78, 5) is 16.2. The number of fused-ring (bicyclic) bond motifs is 1. The fraction of sp³-hybridized carbons (Fsp3) is 0. The average Bonchev–Trinajstić information content (AvgIpc) is 2.99. The highest BCUT2D eigenvalue weighted by molar-refractivity contribution is 6.01. The number of hydrogen-bond donors (Lipinski definition) is 2. The van der Waals surface area contributed by atoms with Crippen molar-refractivity contribution in [1.29, 1.82) is 0 Å². The van der Waals surface area contributed by atoms with Crippen LogP contribution in [0.1, 0.15) is 10.4 Å². The molecule has 0 spiro atoms. The first-order valence-electron chi connectivity index (χ1n) is 7.68. The zero-order valence-electron chi connectivity index (χ0n) is 13.1. The fourth-order valence-electron chi connectivity index (χ4n) is 2.82. The van der Waals surface area contributed by atoms with Crippen LogP contribution in [-0.2, 0) is 0 Å². The summed E-state index contributed by atoms with van der Waals surface area (Å²) in [6.07, 6.45) is 0. The summed E-state index contributed by atoms with van der Waals surface area (Å²) < 4.78 is 1.40. The van der Waals surface area contributed by atoms with E-state index in [2.05, 4.69) is 10.1 Å². The molecule has 25 heavy (non-hydrogen) atoms. The van der Waals surface area contributed by atoms with E-state index in [0.29, 0.717) is 16.9 Å². The maximum Gasteiger partial charge on any atom is 0.338 e. The Balaban J connectivity index is 2.05. The van der Waals surface area contributed by atoms with Crippen LogP contribution in [0.5, 0.6) is 0 Å². The fourth-order valence-corrected chi connectivity index (χ4v) is 2.82. The first-order valence-corrected chi connectivity index (χ1v) is 7.68. The molecule has 0 aliphatic carbocycles. The molecule has 0 bridgehead atoms. The molecule has 0 radical (unpaired) electrons. The maximum atomic E-state index is 11.9. The summed E-state index contributed by atoms with van der Waals surface area (Å²) >= 11 is 0. The van der Waals surface area contributed by atoms with Crippen LogP contribution >= 0.6 is 0 Å². The van der Waals surface area contributed by atoms with Crippen molar-refractivity contribution in [3.63, 3.8) is 0 Å². The highest BCUT2D eigenvalue weighted by atomic mass is 16.4. The summed E-state index contributed by atoms with van der Waals surface area (Å²) in [7, 11) is 0. The van der Waals surface area contributed by atoms with Gasteiger partial charge < -0.3 is 10.8 Å². The van der Waals surface area contributed by atoms with E-state index in [1.165, 1.54) is 4.52 Å². The quantitative estimate of drug-likeness (QED) is 0.601. The number of aromatic carboxylic acids is 1. The van der Waals surface area contributed by atoms with Gasteiger partial charge in [0.2, 0.25) is 5.95 Å². The van der Waals surface area contributed by atoms with Crippen LogP contribution in [0, 0.1) is 0 Å². The van der Waals surface area contributed by atoms with E-state index in [9.17, 15) is 9.90 Å². The van der Waals surface area contributed by atoms with E-state index < -0.39 is 5.97 Å². The number of imidazole rings is 1. The number of carbonyl (C=O) groups is 1. The molecular formula is C19H14N4O2. The number of benzene rings is 2. The Morgan fingerprint density at radius 2 is 1.56 bits per heavy atom. The van der Waals surface area contributed by atoms with Crippen molar-refractivity contribution < 1.29 is 9.90 Å². The number of rotatable bonds is 3. The van der Waals surface area contributed by atoms with Gasteiger partial charge in [0, 0.05) is 11.1 Å². The number of carboxylic acid groups (broad SMARTS) is 1. The molecule has 6 nitrogen and oxygen atoms in total. The lowest BCUT2D eigenvalue weighted by Crippen LogP contribution is -2.06. The van der Waals surface area contributed by atoms with E-state index in [4.69, 9.17) is 5.73 Å². The van der Waals surface area contributed by atoms with Crippen LogP contribution in [-0.4, -0.2) is 25.7 Å². The molecule has 4 rings (SSSR count). The molecule has 0 atom stereocenters. The van der Waals surface area contributed by atoms with Crippen LogP contribution in [0.4, 0.5) is 5.95 Å². The van der Waals surface area contributed by atoms with Gasteiger partial charge in [-0.1, -0.05) is 60.7 Å². The zero-order chi connectivity index (χ0) is 17.4. The minimum atomic E-state index is -1.05. The maximum absolute atomic E-state index is 11.9. The molecular weight excluding hydrogens is 316 g/mol. The van der Waals surface area contributed by atoms with Crippen LogP contribution in [0.25, 0.3) is 28.0 Å². The molecule has 0 unspecified atom stereocenters. The highest BCUT2D eigenvalue weighted by Crippen LogP contribution is 2.30. The van der Waals surface area contributed by atoms with Gasteiger partial charge in [-0.2, -0.15) is 9.61 Å². The minimum absolute atomic E-state index is 0.108. The lowest BCUT2D eigenvalue weighted by Gasteiger charge is -2.07.